The molecule has 0 spiro atoms. The van der Waals surface area contributed by atoms with Crippen molar-refractivity contribution in [3.63, 3.8) is 0 Å². The van der Waals surface area contributed by atoms with Crippen LogP contribution >= 0.6 is 0 Å². The molecule has 3 amide bonds. The summed E-state index contributed by atoms with van der Waals surface area (Å²) >= 11 is 0. The van der Waals surface area contributed by atoms with E-state index in [9.17, 15) is 14.4 Å². The number of carbonyl (C=O) groups is 3. The molecule has 28 heavy (non-hydrogen) atoms. The minimum Gasteiger partial charge on any atom is -0.307 e. The maximum absolute atomic E-state index is 12.3. The third-order valence-electron chi connectivity index (χ3n) is 3.75. The molecule has 1 fully saturated rings. The molecule has 0 aromatic heterocycles. The predicted octanol–water partition coefficient (Wildman–Crippen LogP) is 5.23. The number of hydrogen-bond donors (Lipinski definition) is 0. The van der Waals surface area contributed by atoms with E-state index in [1.807, 2.05) is 62.3 Å². The summed E-state index contributed by atoms with van der Waals surface area (Å²) in [6.45, 7) is 18.8. The fraction of sp³-hybridized carbons (Fsp3) is 0.864. The van der Waals surface area contributed by atoms with E-state index in [0.717, 1.165) is 25.7 Å². The summed E-state index contributed by atoms with van der Waals surface area (Å²) in [5, 5.41) is 0. The maximum Gasteiger partial charge on any atom is 0.225 e. The molecule has 0 atom stereocenters. The maximum atomic E-state index is 12.3. The fourth-order valence-corrected chi connectivity index (χ4v) is 2.46. The summed E-state index contributed by atoms with van der Waals surface area (Å²) in [5.41, 5.74) is 0. The topological polar surface area (TPSA) is 60.9 Å². The van der Waals surface area contributed by atoms with Gasteiger partial charge >= 0.3 is 0 Å². The molecule has 0 aliphatic carbocycles. The molecule has 6 nitrogen and oxygen atoms in total. The van der Waals surface area contributed by atoms with Crippen LogP contribution in [0.4, 0.5) is 0 Å². The van der Waals surface area contributed by atoms with Crippen molar-refractivity contribution in [2.45, 2.75) is 107 Å². The molecule has 1 heterocycles. The second kappa shape index (κ2) is 21.7. The average molecular weight is 402 g/mol. The van der Waals surface area contributed by atoms with Gasteiger partial charge in [-0.25, -0.2) is 0 Å². The molecule has 0 unspecified atom stereocenters. The SMILES string of the molecule is CC.CC.CC.CCCCC(=O)N1CN(C(=O)CCC)CN(C(=O)CCC)C1. The molecule has 0 radical (unpaired) electrons. The summed E-state index contributed by atoms with van der Waals surface area (Å²) in [6, 6.07) is 0. The average Bonchev–Trinajstić information content (AvgIpc) is 2.76. The number of carbonyl (C=O) groups excluding carboxylic acids is 3. The second-order valence-corrected chi connectivity index (χ2v) is 5.83. The molecule has 6 heteroatoms. The summed E-state index contributed by atoms with van der Waals surface area (Å²) < 4.78 is 0. The van der Waals surface area contributed by atoms with E-state index in [1.165, 1.54) is 0 Å². The van der Waals surface area contributed by atoms with Crippen LogP contribution in [-0.4, -0.2) is 52.4 Å². The lowest BCUT2D eigenvalue weighted by atomic mass is 10.2. The molecule has 1 aliphatic heterocycles. The minimum atomic E-state index is 0.00444. The molecule has 1 saturated heterocycles. The Bertz CT molecular complexity index is 374. The molecule has 168 valence electrons. The largest absolute Gasteiger partial charge is 0.307 e. The molecule has 0 aromatic rings. The van der Waals surface area contributed by atoms with Gasteiger partial charge in [-0.05, 0) is 19.3 Å². The van der Waals surface area contributed by atoms with Gasteiger partial charge in [-0.1, -0.05) is 68.7 Å². The van der Waals surface area contributed by atoms with Crippen molar-refractivity contribution < 1.29 is 14.4 Å². The van der Waals surface area contributed by atoms with Gasteiger partial charge in [-0.3, -0.25) is 14.4 Å². The van der Waals surface area contributed by atoms with Gasteiger partial charge in [0.1, 0.15) is 0 Å². The molecular weight excluding hydrogens is 354 g/mol. The van der Waals surface area contributed by atoms with Crippen LogP contribution in [0.15, 0.2) is 0 Å². The quantitative estimate of drug-likeness (QED) is 0.587. The standard InChI is InChI=1S/C16H29N3O3.3C2H6/c1-4-7-10-16(22)19-12-17(14(20)8-5-2)11-18(13-19)15(21)9-6-3;3*1-2/h4-13H2,1-3H3;3*1-2H3. The number of amides is 3. The van der Waals surface area contributed by atoms with Crippen molar-refractivity contribution >= 4 is 17.7 Å². The highest BCUT2D eigenvalue weighted by atomic mass is 16.2. The first-order valence-corrected chi connectivity index (χ1v) is 11.4. The lowest BCUT2D eigenvalue weighted by molar-refractivity contribution is -0.158. The number of rotatable bonds is 7. The van der Waals surface area contributed by atoms with Crippen LogP contribution in [0, 0.1) is 0 Å². The molecular formula is C22H47N3O3. The van der Waals surface area contributed by atoms with Crippen molar-refractivity contribution in [1.82, 2.24) is 14.7 Å². The summed E-state index contributed by atoms with van der Waals surface area (Å²) in [4.78, 5) is 41.4. The first-order chi connectivity index (χ1) is 13.5. The van der Waals surface area contributed by atoms with Crippen molar-refractivity contribution in [2.75, 3.05) is 20.0 Å². The lowest BCUT2D eigenvalue weighted by Gasteiger charge is -2.42. The summed E-state index contributed by atoms with van der Waals surface area (Å²) in [5.74, 6) is 0.0275. The molecule has 0 bridgehead atoms. The van der Waals surface area contributed by atoms with Crippen LogP contribution in [0.1, 0.15) is 107 Å². The van der Waals surface area contributed by atoms with E-state index < -0.39 is 0 Å². The van der Waals surface area contributed by atoms with E-state index in [4.69, 9.17) is 0 Å². The van der Waals surface area contributed by atoms with Gasteiger partial charge in [-0.15, -0.1) is 0 Å². The third kappa shape index (κ3) is 12.7. The van der Waals surface area contributed by atoms with Crippen molar-refractivity contribution in [3.05, 3.63) is 0 Å². The molecule has 0 N–H and O–H groups in total. The molecule has 0 aromatic carbocycles. The van der Waals surface area contributed by atoms with Gasteiger partial charge in [0.05, 0.1) is 20.0 Å². The smallest absolute Gasteiger partial charge is 0.225 e. The van der Waals surface area contributed by atoms with Gasteiger partial charge in [0.2, 0.25) is 17.7 Å². The summed E-state index contributed by atoms with van der Waals surface area (Å²) in [6.07, 6.45) is 4.70. The predicted molar refractivity (Wildman–Crippen MR) is 119 cm³/mol. The third-order valence-corrected chi connectivity index (χ3v) is 3.75. The Morgan fingerprint density at radius 2 is 0.821 bits per heavy atom. The van der Waals surface area contributed by atoms with Crippen molar-refractivity contribution in [1.29, 1.82) is 0 Å². The van der Waals surface area contributed by atoms with Gasteiger partial charge in [0, 0.05) is 19.3 Å². The van der Waals surface area contributed by atoms with Crippen LogP contribution < -0.4 is 0 Å². The Labute approximate surface area is 174 Å². The van der Waals surface area contributed by atoms with Crippen LogP contribution in [0.25, 0.3) is 0 Å². The lowest BCUT2D eigenvalue weighted by Crippen LogP contribution is -2.59. The minimum absolute atomic E-state index is 0.00444. The van der Waals surface area contributed by atoms with E-state index in [-0.39, 0.29) is 17.7 Å². The van der Waals surface area contributed by atoms with Gasteiger partial charge in [-0.2, -0.15) is 0 Å². The van der Waals surface area contributed by atoms with E-state index in [2.05, 4.69) is 0 Å². The molecule has 1 rings (SSSR count). The number of unbranched alkanes of at least 4 members (excludes halogenated alkanes) is 1. The monoisotopic (exact) mass is 401 g/mol. The van der Waals surface area contributed by atoms with Crippen LogP contribution in [0.3, 0.4) is 0 Å². The number of hydrogen-bond acceptors (Lipinski definition) is 3. The first kappa shape index (κ1) is 31.1. The van der Waals surface area contributed by atoms with E-state index >= 15 is 0 Å². The van der Waals surface area contributed by atoms with Crippen molar-refractivity contribution in [2.24, 2.45) is 0 Å². The van der Waals surface area contributed by atoms with Crippen LogP contribution in [0.2, 0.25) is 0 Å². The van der Waals surface area contributed by atoms with Crippen LogP contribution in [-0.2, 0) is 14.4 Å². The second-order valence-electron chi connectivity index (χ2n) is 5.83. The van der Waals surface area contributed by atoms with Crippen molar-refractivity contribution in [3.8, 4) is 0 Å². The molecule has 1 aliphatic rings. The van der Waals surface area contributed by atoms with E-state index in [0.29, 0.717) is 39.3 Å². The normalized spacial score (nSPS) is 12.5. The Kier molecular flexibility index (Phi) is 24.1. The number of nitrogens with zero attached hydrogens (tertiary/aromatic N) is 3. The highest BCUT2D eigenvalue weighted by Crippen LogP contribution is 2.14. The Morgan fingerprint density at radius 1 is 0.536 bits per heavy atom. The summed E-state index contributed by atoms with van der Waals surface area (Å²) in [7, 11) is 0. The molecule has 0 saturated carbocycles. The van der Waals surface area contributed by atoms with Gasteiger partial charge < -0.3 is 14.7 Å². The van der Waals surface area contributed by atoms with Gasteiger partial charge in [0.15, 0.2) is 0 Å². The first-order valence-electron chi connectivity index (χ1n) is 11.4. The Morgan fingerprint density at radius 3 is 1.07 bits per heavy atom. The highest BCUT2D eigenvalue weighted by molar-refractivity contribution is 5.81. The zero-order valence-corrected chi connectivity index (χ0v) is 20.1. The van der Waals surface area contributed by atoms with E-state index in [1.54, 1.807) is 14.7 Å². The van der Waals surface area contributed by atoms with Crippen LogP contribution in [0.5, 0.6) is 0 Å². The Hall–Kier alpha value is -1.59. The fourth-order valence-electron chi connectivity index (χ4n) is 2.46. The zero-order valence-electron chi connectivity index (χ0n) is 20.1. The highest BCUT2D eigenvalue weighted by Gasteiger charge is 2.30. The zero-order chi connectivity index (χ0) is 22.5. The Balaban J connectivity index is -0.000000946. The van der Waals surface area contributed by atoms with Gasteiger partial charge in [0.25, 0.3) is 0 Å².